The van der Waals surface area contributed by atoms with E-state index in [0.717, 1.165) is 11.3 Å². The summed E-state index contributed by atoms with van der Waals surface area (Å²) in [6.07, 6.45) is 3.27. The molecule has 1 aromatic rings. The Kier molecular flexibility index (Phi) is 4.93. The van der Waals surface area contributed by atoms with Crippen molar-refractivity contribution in [1.82, 2.24) is 0 Å². The maximum Gasteiger partial charge on any atom is 0.228 e. The minimum atomic E-state index is -1.47. The zero-order valence-electron chi connectivity index (χ0n) is 11.3. The fourth-order valence-corrected chi connectivity index (χ4v) is 1.68. The molecule has 94 valence electrons. The topological polar surface area (TPSA) is 26.3 Å². The molecule has 0 aromatic heterocycles. The van der Waals surface area contributed by atoms with Crippen molar-refractivity contribution in [2.45, 2.75) is 19.6 Å². The van der Waals surface area contributed by atoms with Crippen molar-refractivity contribution in [2.75, 3.05) is 7.11 Å². The summed E-state index contributed by atoms with van der Waals surface area (Å²) in [5.74, 6) is 3.33. The highest BCUT2D eigenvalue weighted by atomic mass is 28.3. The van der Waals surface area contributed by atoms with E-state index in [2.05, 4.69) is 31.1 Å². The van der Waals surface area contributed by atoms with Gasteiger partial charge in [0, 0.05) is 0 Å². The molecule has 18 heavy (non-hydrogen) atoms. The molecule has 3 heteroatoms. The Balaban J connectivity index is 2.68. The van der Waals surface area contributed by atoms with Gasteiger partial charge in [0.15, 0.2) is 0 Å². The molecule has 0 amide bonds. The molecule has 2 nitrogen and oxygen atoms in total. The first kappa shape index (κ1) is 14.3. The average Bonchev–Trinajstić information content (AvgIpc) is 2.33. The molecule has 0 saturated carbocycles. The van der Waals surface area contributed by atoms with Crippen LogP contribution in [0.4, 0.5) is 0 Å². The van der Waals surface area contributed by atoms with Crippen LogP contribution in [0.1, 0.15) is 5.56 Å². The van der Waals surface area contributed by atoms with Gasteiger partial charge < -0.3 is 4.74 Å². The zero-order valence-corrected chi connectivity index (χ0v) is 12.3. The van der Waals surface area contributed by atoms with Gasteiger partial charge in [-0.2, -0.15) is 0 Å². The Bertz CT molecular complexity index is 496. The molecule has 0 bridgehead atoms. The number of hydrogen-bond acceptors (Lipinski definition) is 2. The fraction of sp³-hybridized carbons (Fsp3) is 0.267. The number of ketones is 1. The molecule has 0 N–H and O–H groups in total. The van der Waals surface area contributed by atoms with Crippen LogP contribution in [0.5, 0.6) is 5.75 Å². The average molecular weight is 258 g/mol. The quantitative estimate of drug-likeness (QED) is 0.473. The second-order valence-corrected chi connectivity index (χ2v) is 9.72. The number of carbonyl (C=O) groups is 1. The SMILES string of the molecule is COc1ccc(/C=C/C(=O)C#C[Si](C)(C)C)cc1. The molecule has 0 radical (unpaired) electrons. The lowest BCUT2D eigenvalue weighted by atomic mass is 10.2. The van der Waals surface area contributed by atoms with Gasteiger partial charge in [-0.05, 0) is 29.7 Å². The lowest BCUT2D eigenvalue weighted by Crippen LogP contribution is -2.16. The Morgan fingerprint density at radius 3 is 2.33 bits per heavy atom. The summed E-state index contributed by atoms with van der Waals surface area (Å²) < 4.78 is 5.06. The Morgan fingerprint density at radius 1 is 1.22 bits per heavy atom. The van der Waals surface area contributed by atoms with Gasteiger partial charge in [0.1, 0.15) is 13.8 Å². The second kappa shape index (κ2) is 6.22. The third-order valence-electron chi connectivity index (χ3n) is 2.10. The normalized spacial score (nSPS) is 10.9. The lowest BCUT2D eigenvalue weighted by molar-refractivity contribution is -0.109. The summed E-state index contributed by atoms with van der Waals surface area (Å²) in [5.41, 5.74) is 4.00. The molecule has 0 saturated heterocycles. The van der Waals surface area contributed by atoms with Crippen LogP contribution in [-0.4, -0.2) is 21.0 Å². The van der Waals surface area contributed by atoms with Crippen LogP contribution in [0.3, 0.4) is 0 Å². The largest absolute Gasteiger partial charge is 0.497 e. The van der Waals surface area contributed by atoms with Crippen molar-refractivity contribution in [3.8, 4) is 17.2 Å². The van der Waals surface area contributed by atoms with Crippen LogP contribution in [0.2, 0.25) is 19.6 Å². The van der Waals surface area contributed by atoms with Crippen LogP contribution in [0.25, 0.3) is 6.08 Å². The molecule has 1 rings (SSSR count). The van der Waals surface area contributed by atoms with Gasteiger partial charge in [-0.3, -0.25) is 4.79 Å². The summed E-state index contributed by atoms with van der Waals surface area (Å²) in [6, 6.07) is 7.51. The fourth-order valence-electron chi connectivity index (χ4n) is 1.18. The smallest absolute Gasteiger partial charge is 0.228 e. The van der Waals surface area contributed by atoms with E-state index < -0.39 is 8.07 Å². The van der Waals surface area contributed by atoms with Crippen molar-refractivity contribution >= 4 is 19.9 Å². The van der Waals surface area contributed by atoms with Gasteiger partial charge in [0.2, 0.25) is 5.78 Å². The van der Waals surface area contributed by atoms with Crippen molar-refractivity contribution in [1.29, 1.82) is 0 Å². The van der Waals surface area contributed by atoms with Gasteiger partial charge in [0.05, 0.1) is 7.11 Å². The lowest BCUT2D eigenvalue weighted by Gasteiger charge is -2.02. The van der Waals surface area contributed by atoms with E-state index >= 15 is 0 Å². The van der Waals surface area contributed by atoms with Gasteiger partial charge in [-0.1, -0.05) is 37.8 Å². The van der Waals surface area contributed by atoms with Gasteiger partial charge in [0.25, 0.3) is 0 Å². The van der Waals surface area contributed by atoms with E-state index in [1.165, 1.54) is 6.08 Å². The molecular weight excluding hydrogens is 240 g/mol. The van der Waals surface area contributed by atoms with Crippen molar-refractivity contribution in [3.05, 3.63) is 35.9 Å². The van der Waals surface area contributed by atoms with E-state index in [9.17, 15) is 4.79 Å². The predicted octanol–water partition coefficient (Wildman–Crippen LogP) is 3.16. The van der Waals surface area contributed by atoms with Crippen molar-refractivity contribution in [2.24, 2.45) is 0 Å². The standard InChI is InChI=1S/C15H18O2Si/c1-17-15-9-6-13(7-10-15)5-8-14(16)11-12-18(2,3)4/h5-10H,1-4H3/b8-5+. The van der Waals surface area contributed by atoms with Crippen LogP contribution >= 0.6 is 0 Å². The molecule has 0 heterocycles. The van der Waals surface area contributed by atoms with E-state index in [0.29, 0.717) is 0 Å². The molecule has 0 unspecified atom stereocenters. The number of rotatable bonds is 3. The highest BCUT2D eigenvalue weighted by Crippen LogP contribution is 2.12. The van der Waals surface area contributed by atoms with E-state index in [1.807, 2.05) is 24.3 Å². The van der Waals surface area contributed by atoms with Gasteiger partial charge in [-0.25, -0.2) is 0 Å². The predicted molar refractivity (Wildman–Crippen MR) is 78.2 cm³/mol. The number of ether oxygens (including phenoxy) is 1. The summed E-state index contributed by atoms with van der Waals surface area (Å²) >= 11 is 0. The summed E-state index contributed by atoms with van der Waals surface area (Å²) in [7, 11) is 0.152. The summed E-state index contributed by atoms with van der Waals surface area (Å²) in [6.45, 7) is 6.33. The van der Waals surface area contributed by atoms with Gasteiger partial charge in [-0.15, -0.1) is 5.54 Å². The molecule has 0 fully saturated rings. The number of allylic oxidation sites excluding steroid dienone is 1. The minimum absolute atomic E-state index is 0.145. The molecule has 0 aliphatic heterocycles. The first-order valence-corrected chi connectivity index (χ1v) is 9.30. The molecule has 0 aliphatic rings. The van der Waals surface area contributed by atoms with Crippen molar-refractivity contribution in [3.63, 3.8) is 0 Å². The maximum absolute atomic E-state index is 11.5. The third-order valence-corrected chi connectivity index (χ3v) is 2.98. The Morgan fingerprint density at radius 2 is 1.83 bits per heavy atom. The summed E-state index contributed by atoms with van der Waals surface area (Å²) in [4.78, 5) is 11.5. The number of hydrogen-bond donors (Lipinski definition) is 0. The van der Waals surface area contributed by atoms with Gasteiger partial charge >= 0.3 is 0 Å². The van der Waals surface area contributed by atoms with Crippen LogP contribution in [0.15, 0.2) is 30.3 Å². The van der Waals surface area contributed by atoms with E-state index in [-0.39, 0.29) is 5.78 Å². The number of benzene rings is 1. The highest BCUT2D eigenvalue weighted by molar-refractivity contribution is 6.84. The highest BCUT2D eigenvalue weighted by Gasteiger charge is 2.07. The maximum atomic E-state index is 11.5. The van der Waals surface area contributed by atoms with Crippen LogP contribution in [0, 0.1) is 11.5 Å². The number of carbonyl (C=O) groups excluding carboxylic acids is 1. The summed E-state index contributed by atoms with van der Waals surface area (Å²) in [5, 5.41) is 0. The van der Waals surface area contributed by atoms with Crippen LogP contribution < -0.4 is 4.74 Å². The Labute approximate surface area is 110 Å². The Hall–Kier alpha value is -1.79. The first-order valence-electron chi connectivity index (χ1n) is 5.80. The van der Waals surface area contributed by atoms with Crippen molar-refractivity contribution < 1.29 is 9.53 Å². The number of methoxy groups -OCH3 is 1. The molecule has 0 spiro atoms. The molecule has 1 aromatic carbocycles. The van der Waals surface area contributed by atoms with Crippen LogP contribution in [-0.2, 0) is 4.79 Å². The monoisotopic (exact) mass is 258 g/mol. The third kappa shape index (κ3) is 5.51. The minimum Gasteiger partial charge on any atom is -0.497 e. The second-order valence-electron chi connectivity index (χ2n) is 4.97. The van der Waals surface area contributed by atoms with E-state index in [1.54, 1.807) is 13.2 Å². The zero-order chi connectivity index (χ0) is 13.6. The first-order chi connectivity index (χ1) is 8.40. The van der Waals surface area contributed by atoms with E-state index in [4.69, 9.17) is 4.74 Å². The molecule has 0 atom stereocenters. The molecular formula is C15H18O2Si. The molecule has 0 aliphatic carbocycles.